The zero-order valence-corrected chi connectivity index (χ0v) is 5.56. The van der Waals surface area contributed by atoms with Crippen molar-refractivity contribution in [2.24, 2.45) is 0 Å². The Kier molecular flexibility index (Phi) is 4.58. The summed E-state index contributed by atoms with van der Waals surface area (Å²) in [5.41, 5.74) is 0. The minimum atomic E-state index is 0. The summed E-state index contributed by atoms with van der Waals surface area (Å²) >= 11 is 1.58. The molecule has 0 aliphatic heterocycles. The molecule has 2 nitrogen and oxygen atoms in total. The van der Waals surface area contributed by atoms with E-state index in [9.17, 15) is 4.79 Å². The molecule has 0 amide bonds. The topological polar surface area (TPSA) is 26.3 Å². The summed E-state index contributed by atoms with van der Waals surface area (Å²) < 4.78 is 4.51. The molecule has 56 valence electrons. The van der Waals surface area contributed by atoms with Crippen molar-refractivity contribution in [2.75, 3.05) is 0 Å². The lowest BCUT2D eigenvalue weighted by Crippen LogP contribution is -1.84. The number of hydrogen-bond donors (Lipinski definition) is 0. The minimum Gasteiger partial charge on any atom is -0.462 e. The average Bonchev–Trinajstić information content (AvgIpc) is 2.34. The van der Waals surface area contributed by atoms with Crippen molar-refractivity contribution in [3.63, 3.8) is 0 Å². The maximum absolute atomic E-state index is 9.68. The lowest BCUT2D eigenvalue weighted by Gasteiger charge is -1.90. The Labute approximate surface area is 64.4 Å². The normalized spacial score (nSPS) is 8.00. The third-order valence-electron chi connectivity index (χ3n) is 0.874. The van der Waals surface area contributed by atoms with E-state index in [0.29, 0.717) is 13.1 Å². The molecule has 1 heterocycles. The zero-order valence-electron chi connectivity index (χ0n) is 4.74. The summed E-state index contributed by atoms with van der Waals surface area (Å²) in [6.45, 7) is 0.862. The monoisotopic (exact) mass is 158 g/mol. The zero-order chi connectivity index (χ0) is 6.53. The van der Waals surface area contributed by atoms with Crippen LogP contribution in [0.3, 0.4) is 0 Å². The first-order valence-electron chi connectivity index (χ1n) is 2.51. The quantitative estimate of drug-likeness (QED) is 0.629. The van der Waals surface area contributed by atoms with Gasteiger partial charge in [0.1, 0.15) is 6.61 Å². The second-order valence-corrected chi connectivity index (χ2v) is 2.52. The molecule has 0 atom stereocenters. The highest BCUT2D eigenvalue weighted by Gasteiger charge is 1.89. The van der Waals surface area contributed by atoms with Gasteiger partial charge in [-0.2, -0.15) is 0 Å². The average molecular weight is 158 g/mol. The largest absolute Gasteiger partial charge is 0.462 e. The van der Waals surface area contributed by atoms with Gasteiger partial charge in [0.25, 0.3) is 6.47 Å². The predicted octanol–water partition coefficient (Wildman–Crippen LogP) is 2.06. The van der Waals surface area contributed by atoms with Crippen LogP contribution in [-0.4, -0.2) is 6.47 Å². The number of hydrogen-bond acceptors (Lipinski definition) is 3. The summed E-state index contributed by atoms with van der Waals surface area (Å²) in [5.74, 6) is 0. The van der Waals surface area contributed by atoms with Gasteiger partial charge in [0.15, 0.2) is 0 Å². The molecule has 1 aromatic heterocycles. The van der Waals surface area contributed by atoms with Gasteiger partial charge in [-0.1, -0.05) is 13.5 Å². The second kappa shape index (κ2) is 4.99. The van der Waals surface area contributed by atoms with Crippen LogP contribution in [0.2, 0.25) is 0 Å². The first-order valence-corrected chi connectivity index (χ1v) is 3.39. The van der Waals surface area contributed by atoms with Crippen molar-refractivity contribution in [3.05, 3.63) is 22.4 Å². The Bertz CT molecular complexity index is 170. The standard InChI is InChI=1S/C6H6O2S.CH4/c7-5-8-4-6-2-1-3-9-6;/h1-3,5H,4H2;1H4. The van der Waals surface area contributed by atoms with Crippen molar-refractivity contribution in [1.29, 1.82) is 0 Å². The van der Waals surface area contributed by atoms with Gasteiger partial charge < -0.3 is 4.74 Å². The van der Waals surface area contributed by atoms with Gasteiger partial charge in [-0.15, -0.1) is 11.3 Å². The van der Waals surface area contributed by atoms with Crippen LogP contribution >= 0.6 is 11.3 Å². The van der Waals surface area contributed by atoms with Crippen LogP contribution in [0, 0.1) is 0 Å². The van der Waals surface area contributed by atoms with Crippen LogP contribution in [0.25, 0.3) is 0 Å². The molecular formula is C7H10O2S. The minimum absolute atomic E-state index is 0. The fraction of sp³-hybridized carbons (Fsp3) is 0.286. The van der Waals surface area contributed by atoms with Crippen molar-refractivity contribution in [2.45, 2.75) is 14.0 Å². The van der Waals surface area contributed by atoms with E-state index in [-0.39, 0.29) is 7.43 Å². The molecule has 0 radical (unpaired) electrons. The molecule has 0 spiro atoms. The first-order chi connectivity index (χ1) is 4.43. The third-order valence-corrected chi connectivity index (χ3v) is 1.72. The van der Waals surface area contributed by atoms with Crippen LogP contribution in [-0.2, 0) is 16.1 Å². The number of ether oxygens (including phenoxy) is 1. The predicted molar refractivity (Wildman–Crippen MR) is 41.9 cm³/mol. The highest BCUT2D eigenvalue weighted by atomic mass is 32.1. The van der Waals surface area contributed by atoms with Crippen molar-refractivity contribution < 1.29 is 9.53 Å². The Morgan fingerprint density at radius 3 is 3.00 bits per heavy atom. The van der Waals surface area contributed by atoms with Crippen LogP contribution in [0.5, 0.6) is 0 Å². The van der Waals surface area contributed by atoms with E-state index in [4.69, 9.17) is 0 Å². The van der Waals surface area contributed by atoms with Crippen LogP contribution in [0.4, 0.5) is 0 Å². The third kappa shape index (κ3) is 2.64. The highest BCUT2D eigenvalue weighted by molar-refractivity contribution is 7.09. The number of rotatable bonds is 3. The van der Waals surface area contributed by atoms with Crippen LogP contribution in [0.15, 0.2) is 17.5 Å². The van der Waals surface area contributed by atoms with E-state index in [2.05, 4.69) is 4.74 Å². The number of carbonyl (C=O) groups is 1. The van der Waals surface area contributed by atoms with Crippen LogP contribution in [0.1, 0.15) is 12.3 Å². The molecule has 1 aromatic rings. The van der Waals surface area contributed by atoms with Crippen molar-refractivity contribution >= 4 is 17.8 Å². The molecule has 3 heteroatoms. The van der Waals surface area contributed by atoms with Gasteiger partial charge in [-0.3, -0.25) is 4.79 Å². The van der Waals surface area contributed by atoms with Crippen molar-refractivity contribution in [1.82, 2.24) is 0 Å². The molecule has 0 aromatic carbocycles. The second-order valence-electron chi connectivity index (χ2n) is 1.49. The number of thiophene rings is 1. The van der Waals surface area contributed by atoms with E-state index in [1.54, 1.807) is 11.3 Å². The molecule has 0 bridgehead atoms. The van der Waals surface area contributed by atoms with Gasteiger partial charge in [0.05, 0.1) is 0 Å². The maximum Gasteiger partial charge on any atom is 0.293 e. The Morgan fingerprint density at radius 2 is 2.50 bits per heavy atom. The fourth-order valence-electron chi connectivity index (χ4n) is 0.511. The maximum atomic E-state index is 9.68. The van der Waals surface area contributed by atoms with E-state index >= 15 is 0 Å². The van der Waals surface area contributed by atoms with Gasteiger partial charge >= 0.3 is 0 Å². The van der Waals surface area contributed by atoms with Gasteiger partial charge in [-0.05, 0) is 11.4 Å². The van der Waals surface area contributed by atoms with Gasteiger partial charge in [0.2, 0.25) is 0 Å². The molecule has 0 N–H and O–H groups in total. The first kappa shape index (κ1) is 9.17. The van der Waals surface area contributed by atoms with Crippen LogP contribution < -0.4 is 0 Å². The smallest absolute Gasteiger partial charge is 0.293 e. The Morgan fingerprint density at radius 1 is 1.70 bits per heavy atom. The molecule has 0 saturated carbocycles. The molecule has 0 saturated heterocycles. The SMILES string of the molecule is C.O=COCc1cccs1. The fourth-order valence-corrected chi connectivity index (χ4v) is 1.14. The summed E-state index contributed by atoms with van der Waals surface area (Å²) in [4.78, 5) is 10.8. The molecule has 10 heavy (non-hydrogen) atoms. The summed E-state index contributed by atoms with van der Waals surface area (Å²) in [6.07, 6.45) is 0. The van der Waals surface area contributed by atoms with Crippen molar-refractivity contribution in [3.8, 4) is 0 Å². The molecule has 0 fully saturated rings. The molecule has 0 aliphatic carbocycles. The van der Waals surface area contributed by atoms with Gasteiger partial charge in [0, 0.05) is 4.88 Å². The molecule has 1 rings (SSSR count). The van der Waals surface area contributed by atoms with E-state index in [1.807, 2.05) is 17.5 Å². The lowest BCUT2D eigenvalue weighted by molar-refractivity contribution is -0.129. The van der Waals surface area contributed by atoms with Gasteiger partial charge in [-0.25, -0.2) is 0 Å². The molecular weight excluding hydrogens is 148 g/mol. The van der Waals surface area contributed by atoms with E-state index in [1.165, 1.54) is 0 Å². The van der Waals surface area contributed by atoms with E-state index in [0.717, 1.165) is 4.88 Å². The lowest BCUT2D eigenvalue weighted by atomic mass is 10.5. The summed E-state index contributed by atoms with van der Waals surface area (Å²) in [5, 5.41) is 1.95. The molecule has 0 aliphatic rings. The number of carbonyl (C=O) groups excluding carboxylic acids is 1. The Hall–Kier alpha value is -0.830. The molecule has 0 unspecified atom stereocenters. The Balaban J connectivity index is 0.000000810. The van der Waals surface area contributed by atoms with E-state index < -0.39 is 0 Å². The summed E-state index contributed by atoms with van der Waals surface area (Å²) in [7, 11) is 0. The highest BCUT2D eigenvalue weighted by Crippen LogP contribution is 2.08. The summed E-state index contributed by atoms with van der Waals surface area (Å²) in [6, 6.07) is 3.85.